The van der Waals surface area contributed by atoms with Gasteiger partial charge >= 0.3 is 0 Å². The first-order valence-corrected chi connectivity index (χ1v) is 3.08. The highest BCUT2D eigenvalue weighted by Gasteiger charge is 2.03. The van der Waals surface area contributed by atoms with Gasteiger partial charge in [-0.2, -0.15) is 0 Å². The summed E-state index contributed by atoms with van der Waals surface area (Å²) in [7, 11) is 0. The van der Waals surface area contributed by atoms with Gasteiger partial charge in [0.2, 0.25) is 0 Å². The Labute approximate surface area is 55.2 Å². The second kappa shape index (κ2) is 2.58. The van der Waals surface area contributed by atoms with E-state index in [9.17, 15) is 0 Å². The quantitative estimate of drug-likeness (QED) is 0.574. The molecule has 0 saturated heterocycles. The highest BCUT2D eigenvalue weighted by molar-refractivity contribution is 5.02. The van der Waals surface area contributed by atoms with Gasteiger partial charge in [-0.15, -0.1) is 0 Å². The standard InChI is InChI=1S/C7H11NO/c1-6(2)7-5-8-3-4-9-7/h3-6,8H,1-2H3. The summed E-state index contributed by atoms with van der Waals surface area (Å²) in [5, 5.41) is 2.95. The Morgan fingerprint density at radius 3 is 2.67 bits per heavy atom. The minimum atomic E-state index is 0.461. The molecule has 0 spiro atoms. The van der Waals surface area contributed by atoms with E-state index in [-0.39, 0.29) is 0 Å². The fourth-order valence-electron chi connectivity index (χ4n) is 0.619. The number of rotatable bonds is 1. The third kappa shape index (κ3) is 1.49. The first-order valence-electron chi connectivity index (χ1n) is 3.08. The van der Waals surface area contributed by atoms with Gasteiger partial charge in [-0.3, -0.25) is 0 Å². The summed E-state index contributed by atoms with van der Waals surface area (Å²) in [6.07, 6.45) is 5.27. The first kappa shape index (κ1) is 6.20. The van der Waals surface area contributed by atoms with Crippen molar-refractivity contribution in [2.75, 3.05) is 0 Å². The van der Waals surface area contributed by atoms with E-state index in [0.29, 0.717) is 5.92 Å². The normalized spacial score (nSPS) is 16.6. The van der Waals surface area contributed by atoms with Gasteiger partial charge in [0, 0.05) is 18.3 Å². The van der Waals surface area contributed by atoms with Gasteiger partial charge in [0.15, 0.2) is 0 Å². The Bertz CT molecular complexity index is 147. The molecule has 1 rings (SSSR count). The summed E-state index contributed by atoms with van der Waals surface area (Å²) >= 11 is 0. The molecule has 0 aromatic rings. The van der Waals surface area contributed by atoms with Crippen molar-refractivity contribution in [3.63, 3.8) is 0 Å². The second-order valence-electron chi connectivity index (χ2n) is 2.29. The second-order valence-corrected chi connectivity index (χ2v) is 2.29. The molecular weight excluding hydrogens is 114 g/mol. The smallest absolute Gasteiger partial charge is 0.122 e. The summed E-state index contributed by atoms with van der Waals surface area (Å²) < 4.78 is 5.16. The maximum atomic E-state index is 5.16. The van der Waals surface area contributed by atoms with Crippen LogP contribution in [0.2, 0.25) is 0 Å². The Kier molecular flexibility index (Phi) is 1.78. The largest absolute Gasteiger partial charge is 0.466 e. The fraction of sp³-hybridized carbons (Fsp3) is 0.429. The number of nitrogens with one attached hydrogen (secondary N) is 1. The third-order valence-corrected chi connectivity index (χ3v) is 1.16. The van der Waals surface area contributed by atoms with Crippen LogP contribution in [0.15, 0.2) is 24.4 Å². The van der Waals surface area contributed by atoms with E-state index < -0.39 is 0 Å². The number of ether oxygens (including phenoxy) is 1. The maximum absolute atomic E-state index is 5.16. The SMILES string of the molecule is CC(C)C1=CNC=CO1. The van der Waals surface area contributed by atoms with E-state index in [2.05, 4.69) is 19.2 Å². The lowest BCUT2D eigenvalue weighted by molar-refractivity contribution is 0.293. The van der Waals surface area contributed by atoms with Crippen LogP contribution < -0.4 is 5.32 Å². The van der Waals surface area contributed by atoms with E-state index in [1.165, 1.54) is 0 Å². The Morgan fingerprint density at radius 2 is 2.33 bits per heavy atom. The minimum absolute atomic E-state index is 0.461. The van der Waals surface area contributed by atoms with Crippen molar-refractivity contribution < 1.29 is 4.74 Å². The molecule has 2 heteroatoms. The van der Waals surface area contributed by atoms with Crippen LogP contribution in [0.5, 0.6) is 0 Å². The maximum Gasteiger partial charge on any atom is 0.122 e. The van der Waals surface area contributed by atoms with Crippen molar-refractivity contribution in [3.8, 4) is 0 Å². The monoisotopic (exact) mass is 125 g/mol. The zero-order chi connectivity index (χ0) is 6.69. The van der Waals surface area contributed by atoms with E-state index >= 15 is 0 Å². The lowest BCUT2D eigenvalue weighted by Gasteiger charge is -2.12. The van der Waals surface area contributed by atoms with E-state index in [4.69, 9.17) is 4.74 Å². The average Bonchev–Trinajstić information content (AvgIpc) is 1.90. The molecule has 0 unspecified atom stereocenters. The molecule has 0 bridgehead atoms. The molecule has 0 atom stereocenters. The van der Waals surface area contributed by atoms with Gasteiger partial charge in [-0.1, -0.05) is 13.8 Å². The van der Waals surface area contributed by atoms with Crippen LogP contribution >= 0.6 is 0 Å². The van der Waals surface area contributed by atoms with Gasteiger partial charge < -0.3 is 10.1 Å². The van der Waals surface area contributed by atoms with Crippen molar-refractivity contribution in [2.24, 2.45) is 5.92 Å². The zero-order valence-electron chi connectivity index (χ0n) is 5.72. The number of allylic oxidation sites excluding steroid dienone is 1. The molecule has 9 heavy (non-hydrogen) atoms. The van der Waals surface area contributed by atoms with E-state index in [1.807, 2.05) is 6.20 Å². The highest BCUT2D eigenvalue weighted by Crippen LogP contribution is 2.11. The van der Waals surface area contributed by atoms with Crippen LogP contribution in [-0.2, 0) is 4.74 Å². The lowest BCUT2D eigenvalue weighted by Crippen LogP contribution is -2.06. The van der Waals surface area contributed by atoms with Crippen molar-refractivity contribution in [1.82, 2.24) is 5.32 Å². The number of hydrogen-bond donors (Lipinski definition) is 1. The predicted octanol–water partition coefficient (Wildman–Crippen LogP) is 1.57. The van der Waals surface area contributed by atoms with Crippen molar-refractivity contribution in [2.45, 2.75) is 13.8 Å². The Hall–Kier alpha value is -0.920. The fourth-order valence-corrected chi connectivity index (χ4v) is 0.619. The zero-order valence-corrected chi connectivity index (χ0v) is 5.72. The molecular formula is C7H11NO. The Morgan fingerprint density at radius 1 is 1.56 bits per heavy atom. The van der Waals surface area contributed by atoms with Gasteiger partial charge in [-0.25, -0.2) is 0 Å². The van der Waals surface area contributed by atoms with Crippen molar-refractivity contribution >= 4 is 0 Å². The molecule has 1 aliphatic rings. The summed E-state index contributed by atoms with van der Waals surface area (Å²) in [4.78, 5) is 0. The molecule has 0 radical (unpaired) electrons. The van der Waals surface area contributed by atoms with Crippen LogP contribution in [0.1, 0.15) is 13.8 Å². The Balaban J connectivity index is 2.50. The van der Waals surface area contributed by atoms with Crippen molar-refractivity contribution in [1.29, 1.82) is 0 Å². The van der Waals surface area contributed by atoms with Gasteiger partial charge in [-0.05, 0) is 0 Å². The van der Waals surface area contributed by atoms with Crippen molar-refractivity contribution in [3.05, 3.63) is 24.4 Å². The lowest BCUT2D eigenvalue weighted by atomic mass is 10.2. The molecule has 0 aliphatic carbocycles. The summed E-state index contributed by atoms with van der Waals surface area (Å²) in [5.41, 5.74) is 0. The molecule has 0 saturated carbocycles. The highest BCUT2D eigenvalue weighted by atomic mass is 16.5. The molecule has 1 N–H and O–H groups in total. The van der Waals surface area contributed by atoms with Gasteiger partial charge in [0.25, 0.3) is 0 Å². The van der Waals surface area contributed by atoms with Crippen LogP contribution in [0.25, 0.3) is 0 Å². The molecule has 0 aromatic heterocycles. The molecule has 0 amide bonds. The van der Waals surface area contributed by atoms with Crippen LogP contribution in [0, 0.1) is 5.92 Å². The number of hydrogen-bond acceptors (Lipinski definition) is 2. The third-order valence-electron chi connectivity index (χ3n) is 1.16. The van der Waals surface area contributed by atoms with Crippen LogP contribution in [0.4, 0.5) is 0 Å². The topological polar surface area (TPSA) is 21.3 Å². The summed E-state index contributed by atoms with van der Waals surface area (Å²) in [5.74, 6) is 1.44. The molecule has 2 nitrogen and oxygen atoms in total. The molecule has 0 aromatic carbocycles. The first-order chi connectivity index (χ1) is 4.30. The van der Waals surface area contributed by atoms with Gasteiger partial charge in [0.05, 0.1) is 0 Å². The van der Waals surface area contributed by atoms with Crippen LogP contribution in [0.3, 0.4) is 0 Å². The molecule has 1 heterocycles. The van der Waals surface area contributed by atoms with E-state index in [0.717, 1.165) is 5.76 Å². The molecule has 1 aliphatic heterocycles. The molecule has 50 valence electrons. The molecule has 0 fully saturated rings. The summed E-state index contributed by atoms with van der Waals surface area (Å²) in [6.45, 7) is 4.18. The summed E-state index contributed by atoms with van der Waals surface area (Å²) in [6, 6.07) is 0. The minimum Gasteiger partial charge on any atom is -0.466 e. The van der Waals surface area contributed by atoms with E-state index in [1.54, 1.807) is 12.5 Å². The average molecular weight is 125 g/mol. The van der Waals surface area contributed by atoms with Gasteiger partial charge in [0.1, 0.15) is 12.0 Å². The van der Waals surface area contributed by atoms with Crippen LogP contribution in [-0.4, -0.2) is 0 Å². The predicted molar refractivity (Wildman–Crippen MR) is 36.3 cm³/mol.